The highest BCUT2D eigenvalue weighted by Gasteiger charge is 2.20. The van der Waals surface area contributed by atoms with Crippen LogP contribution in [-0.2, 0) is 7.05 Å². The number of rotatable bonds is 1. The summed E-state index contributed by atoms with van der Waals surface area (Å²) in [5.41, 5.74) is 9.30. The molecule has 0 atom stereocenters. The van der Waals surface area contributed by atoms with Crippen LogP contribution in [-0.4, -0.2) is 0 Å². The lowest BCUT2D eigenvalue weighted by molar-refractivity contribution is -0.665. The van der Waals surface area contributed by atoms with E-state index in [2.05, 4.69) is 82.6 Å². The molecule has 3 rings (SSSR count). The van der Waals surface area contributed by atoms with Crippen molar-refractivity contribution in [3.05, 3.63) is 64.3 Å². The maximum atomic E-state index is 2.32. The van der Waals surface area contributed by atoms with Crippen LogP contribution in [0.5, 0.6) is 0 Å². The normalized spacial score (nSPS) is 11.2. The number of aromatic nitrogens is 1. The second-order valence-corrected chi connectivity index (χ2v) is 6.54. The van der Waals surface area contributed by atoms with E-state index in [0.29, 0.717) is 0 Å². The molecule has 1 nitrogen and oxygen atoms in total. The zero-order valence-corrected chi connectivity index (χ0v) is 14.4. The van der Waals surface area contributed by atoms with Crippen molar-refractivity contribution in [3.8, 4) is 11.3 Å². The first-order chi connectivity index (χ1) is 10.4. The van der Waals surface area contributed by atoms with Crippen molar-refractivity contribution in [2.24, 2.45) is 7.05 Å². The van der Waals surface area contributed by atoms with E-state index in [1.165, 1.54) is 50.0 Å². The third-order valence-corrected chi connectivity index (χ3v) is 4.76. The molecule has 1 heteroatoms. The van der Waals surface area contributed by atoms with E-state index >= 15 is 0 Å². The molecule has 3 aromatic rings. The zero-order chi connectivity index (χ0) is 16.0. The summed E-state index contributed by atoms with van der Waals surface area (Å²) in [5, 5.41) is 2.65. The summed E-state index contributed by atoms with van der Waals surface area (Å²) in [6.07, 6.45) is 0. The standard InChI is InChI=1S/C21H24N/c1-13-7-8-18-12-16(4)22(6)21(20(18)10-13)19-11-14(2)9-15(3)17(19)5/h7-12H,1-6H3/q+1. The summed E-state index contributed by atoms with van der Waals surface area (Å²) in [6.45, 7) is 11.0. The van der Waals surface area contributed by atoms with Crippen LogP contribution < -0.4 is 4.57 Å². The van der Waals surface area contributed by atoms with Crippen LogP contribution >= 0.6 is 0 Å². The van der Waals surface area contributed by atoms with Gasteiger partial charge in [0.1, 0.15) is 7.05 Å². The summed E-state index contributed by atoms with van der Waals surface area (Å²) in [4.78, 5) is 0. The third-order valence-electron chi connectivity index (χ3n) is 4.76. The molecule has 0 spiro atoms. The molecule has 1 heterocycles. The van der Waals surface area contributed by atoms with Gasteiger partial charge >= 0.3 is 0 Å². The molecule has 0 bridgehead atoms. The van der Waals surface area contributed by atoms with Crippen LogP contribution in [0.3, 0.4) is 0 Å². The van der Waals surface area contributed by atoms with Gasteiger partial charge in [-0.15, -0.1) is 0 Å². The van der Waals surface area contributed by atoms with Gasteiger partial charge in [-0.25, -0.2) is 0 Å². The van der Waals surface area contributed by atoms with E-state index in [-0.39, 0.29) is 0 Å². The molecule has 22 heavy (non-hydrogen) atoms. The average Bonchev–Trinajstić information content (AvgIpc) is 2.45. The Bertz CT molecular complexity index is 888. The van der Waals surface area contributed by atoms with Crippen molar-refractivity contribution in [1.29, 1.82) is 0 Å². The Balaban J connectivity index is 2.49. The van der Waals surface area contributed by atoms with E-state index in [4.69, 9.17) is 0 Å². The van der Waals surface area contributed by atoms with Gasteiger partial charge in [0.15, 0.2) is 5.69 Å². The molecule has 0 aliphatic rings. The minimum absolute atomic E-state index is 1.28. The van der Waals surface area contributed by atoms with Crippen molar-refractivity contribution in [3.63, 3.8) is 0 Å². The Morgan fingerprint density at radius 3 is 2.23 bits per heavy atom. The van der Waals surface area contributed by atoms with E-state index in [0.717, 1.165) is 0 Å². The highest BCUT2D eigenvalue weighted by Crippen LogP contribution is 2.31. The second-order valence-electron chi connectivity index (χ2n) is 6.54. The van der Waals surface area contributed by atoms with Crippen LogP contribution in [0, 0.1) is 34.6 Å². The number of aryl methyl sites for hydroxylation is 4. The highest BCUT2D eigenvalue weighted by molar-refractivity contribution is 5.94. The maximum absolute atomic E-state index is 2.32. The predicted octanol–water partition coefficient (Wildman–Crippen LogP) is 4.87. The Labute approximate surface area is 133 Å². The van der Waals surface area contributed by atoms with Crippen LogP contribution in [0.15, 0.2) is 36.4 Å². The van der Waals surface area contributed by atoms with Gasteiger partial charge < -0.3 is 0 Å². The minimum Gasteiger partial charge on any atom is -0.198 e. The summed E-state index contributed by atoms with van der Waals surface area (Å²) in [7, 11) is 2.17. The average molecular weight is 290 g/mol. The van der Waals surface area contributed by atoms with Crippen molar-refractivity contribution < 1.29 is 4.57 Å². The fraction of sp³-hybridized carbons (Fsp3) is 0.286. The minimum atomic E-state index is 1.28. The Kier molecular flexibility index (Phi) is 3.52. The summed E-state index contributed by atoms with van der Waals surface area (Å²) >= 11 is 0. The quantitative estimate of drug-likeness (QED) is 0.563. The molecular formula is C21H24N+. The van der Waals surface area contributed by atoms with Crippen LogP contribution in [0.2, 0.25) is 0 Å². The smallest absolute Gasteiger partial charge is 0.198 e. The fourth-order valence-corrected chi connectivity index (χ4v) is 3.29. The fourth-order valence-electron chi connectivity index (χ4n) is 3.29. The molecule has 2 aromatic carbocycles. The molecule has 1 aromatic heterocycles. The van der Waals surface area contributed by atoms with Gasteiger partial charge in [-0.05, 0) is 56.3 Å². The molecule has 0 saturated heterocycles. The lowest BCUT2D eigenvalue weighted by Crippen LogP contribution is -2.35. The number of hydrogen-bond acceptors (Lipinski definition) is 0. The number of benzene rings is 2. The van der Waals surface area contributed by atoms with Gasteiger partial charge in [-0.3, -0.25) is 0 Å². The van der Waals surface area contributed by atoms with Crippen LogP contribution in [0.25, 0.3) is 22.0 Å². The molecule has 0 unspecified atom stereocenters. The monoisotopic (exact) mass is 290 g/mol. The Hall–Kier alpha value is -2.15. The van der Waals surface area contributed by atoms with Gasteiger partial charge in [-0.1, -0.05) is 29.3 Å². The lowest BCUT2D eigenvalue weighted by atomic mass is 9.93. The third kappa shape index (κ3) is 2.31. The van der Waals surface area contributed by atoms with Crippen LogP contribution in [0.4, 0.5) is 0 Å². The number of pyridine rings is 1. The summed E-state index contributed by atoms with van der Waals surface area (Å²) in [6, 6.07) is 13.6. The van der Waals surface area contributed by atoms with Gasteiger partial charge in [-0.2, -0.15) is 4.57 Å². The van der Waals surface area contributed by atoms with E-state index in [1.807, 2.05) is 0 Å². The van der Waals surface area contributed by atoms with Crippen LogP contribution in [0.1, 0.15) is 27.9 Å². The van der Waals surface area contributed by atoms with Gasteiger partial charge in [0.2, 0.25) is 5.69 Å². The van der Waals surface area contributed by atoms with Crippen molar-refractivity contribution in [2.75, 3.05) is 0 Å². The summed E-state index contributed by atoms with van der Waals surface area (Å²) < 4.78 is 2.32. The Morgan fingerprint density at radius 2 is 1.50 bits per heavy atom. The molecule has 0 saturated carbocycles. The Morgan fingerprint density at radius 1 is 0.773 bits per heavy atom. The molecule has 0 aliphatic heterocycles. The SMILES string of the molecule is Cc1cc(C)c(C)c(-c2c3cc(C)ccc3cc(C)[n+]2C)c1. The van der Waals surface area contributed by atoms with Crippen molar-refractivity contribution in [2.45, 2.75) is 34.6 Å². The molecule has 0 fully saturated rings. The second kappa shape index (κ2) is 5.24. The molecular weight excluding hydrogens is 266 g/mol. The molecule has 0 aliphatic carbocycles. The summed E-state index contributed by atoms with van der Waals surface area (Å²) in [5.74, 6) is 0. The first kappa shape index (κ1) is 14.8. The van der Waals surface area contributed by atoms with Crippen molar-refractivity contribution in [1.82, 2.24) is 0 Å². The number of fused-ring (bicyclic) bond motifs is 1. The van der Waals surface area contributed by atoms with Crippen molar-refractivity contribution >= 4 is 10.8 Å². The van der Waals surface area contributed by atoms with E-state index in [9.17, 15) is 0 Å². The molecule has 112 valence electrons. The maximum Gasteiger partial charge on any atom is 0.220 e. The first-order valence-electron chi connectivity index (χ1n) is 7.86. The molecule has 0 N–H and O–H groups in total. The zero-order valence-electron chi connectivity index (χ0n) is 14.4. The first-order valence-corrected chi connectivity index (χ1v) is 7.86. The highest BCUT2D eigenvalue weighted by atomic mass is 14.9. The largest absolute Gasteiger partial charge is 0.220 e. The topological polar surface area (TPSA) is 3.88 Å². The molecule has 0 amide bonds. The molecule has 0 radical (unpaired) electrons. The van der Waals surface area contributed by atoms with Gasteiger partial charge in [0.05, 0.1) is 10.9 Å². The lowest BCUT2D eigenvalue weighted by Gasteiger charge is -2.13. The van der Waals surface area contributed by atoms with Gasteiger partial charge in [0, 0.05) is 13.0 Å². The predicted molar refractivity (Wildman–Crippen MR) is 94.2 cm³/mol. The number of hydrogen-bond donors (Lipinski definition) is 0. The van der Waals surface area contributed by atoms with E-state index in [1.54, 1.807) is 0 Å². The van der Waals surface area contributed by atoms with Gasteiger partial charge in [0.25, 0.3) is 0 Å². The number of nitrogens with zero attached hydrogens (tertiary/aromatic N) is 1. The van der Waals surface area contributed by atoms with E-state index < -0.39 is 0 Å².